The maximum Gasteiger partial charge on any atom is 0.255 e. The third-order valence-electron chi connectivity index (χ3n) is 2.52. The molecule has 80 valence electrons. The van der Waals surface area contributed by atoms with Gasteiger partial charge in [0.1, 0.15) is 0 Å². The summed E-state index contributed by atoms with van der Waals surface area (Å²) >= 11 is 1.57. The molecule has 1 aromatic rings. The van der Waals surface area contributed by atoms with E-state index >= 15 is 0 Å². The Labute approximate surface area is 92.7 Å². The van der Waals surface area contributed by atoms with E-state index in [2.05, 4.69) is 0 Å². The summed E-state index contributed by atoms with van der Waals surface area (Å²) in [4.78, 5) is 25.9. The van der Waals surface area contributed by atoms with E-state index in [1.54, 1.807) is 16.2 Å². The average Bonchev–Trinajstić information content (AvgIpc) is 2.64. The average molecular weight is 223 g/mol. The fourth-order valence-corrected chi connectivity index (χ4v) is 2.43. The molecule has 0 N–H and O–H groups in total. The number of carbonyl (C=O) groups is 2. The number of nitrogens with zero attached hydrogens (tertiary/aromatic N) is 1. The Kier molecular flexibility index (Phi) is 2.86. The molecule has 0 spiro atoms. The van der Waals surface area contributed by atoms with Crippen LogP contribution in [0.3, 0.4) is 0 Å². The van der Waals surface area contributed by atoms with Crippen molar-refractivity contribution in [2.75, 3.05) is 13.1 Å². The van der Waals surface area contributed by atoms with E-state index in [0.717, 1.165) is 11.3 Å². The van der Waals surface area contributed by atoms with Crippen LogP contribution in [0.4, 0.5) is 0 Å². The van der Waals surface area contributed by atoms with Crippen LogP contribution in [0.25, 0.3) is 0 Å². The van der Waals surface area contributed by atoms with Crippen molar-refractivity contribution < 1.29 is 9.59 Å². The monoisotopic (exact) mass is 223 g/mol. The Hall–Kier alpha value is -1.16. The van der Waals surface area contributed by atoms with Gasteiger partial charge in [0, 0.05) is 23.2 Å². The van der Waals surface area contributed by atoms with Gasteiger partial charge >= 0.3 is 0 Å². The smallest absolute Gasteiger partial charge is 0.255 e. The molecule has 4 heteroatoms. The number of thiophene rings is 1. The van der Waals surface area contributed by atoms with Gasteiger partial charge in [-0.1, -0.05) is 0 Å². The van der Waals surface area contributed by atoms with E-state index in [1.165, 1.54) is 0 Å². The van der Waals surface area contributed by atoms with Crippen molar-refractivity contribution in [3.8, 4) is 0 Å². The number of Topliss-reactive ketones (excluding diaryl/α,β-unsaturated/α-hetero) is 1. The molecule has 0 bridgehead atoms. The summed E-state index contributed by atoms with van der Waals surface area (Å²) in [5.74, 6) is 0.161. The number of likely N-dealkylation sites (tertiary alicyclic amines) is 1. The highest BCUT2D eigenvalue weighted by molar-refractivity contribution is 7.10. The van der Waals surface area contributed by atoms with Crippen LogP contribution in [0.2, 0.25) is 0 Å². The van der Waals surface area contributed by atoms with E-state index in [-0.39, 0.29) is 18.2 Å². The van der Waals surface area contributed by atoms with E-state index in [4.69, 9.17) is 0 Å². The van der Waals surface area contributed by atoms with E-state index in [1.807, 2.05) is 18.4 Å². The number of amides is 1. The van der Waals surface area contributed by atoms with Gasteiger partial charge in [0.15, 0.2) is 5.78 Å². The summed E-state index contributed by atoms with van der Waals surface area (Å²) in [5.41, 5.74) is 0.715. The van der Waals surface area contributed by atoms with Gasteiger partial charge in [-0.2, -0.15) is 0 Å². The minimum absolute atomic E-state index is 0.00704. The predicted molar refractivity (Wildman–Crippen MR) is 59.2 cm³/mol. The van der Waals surface area contributed by atoms with Gasteiger partial charge in [-0.15, -0.1) is 11.3 Å². The Balaban J connectivity index is 2.10. The second-order valence-corrected chi connectivity index (χ2v) is 4.93. The van der Waals surface area contributed by atoms with Crippen LogP contribution in [-0.2, 0) is 4.79 Å². The number of hydrogen-bond acceptors (Lipinski definition) is 3. The van der Waals surface area contributed by atoms with Gasteiger partial charge in [-0.05, 0) is 19.4 Å². The Morgan fingerprint density at radius 2 is 2.33 bits per heavy atom. The first-order valence-corrected chi connectivity index (χ1v) is 5.91. The summed E-state index contributed by atoms with van der Waals surface area (Å²) in [5, 5.41) is 1.86. The summed E-state index contributed by atoms with van der Waals surface area (Å²) in [7, 11) is 0. The van der Waals surface area contributed by atoms with Crippen LogP contribution < -0.4 is 0 Å². The number of rotatable bonds is 1. The lowest BCUT2D eigenvalue weighted by atomic mass is 10.1. The molecule has 2 rings (SSSR count). The zero-order valence-corrected chi connectivity index (χ0v) is 9.47. The van der Waals surface area contributed by atoms with Crippen molar-refractivity contribution in [2.24, 2.45) is 0 Å². The molecule has 1 fully saturated rings. The van der Waals surface area contributed by atoms with Crippen molar-refractivity contribution in [1.82, 2.24) is 4.90 Å². The molecule has 0 saturated carbocycles. The van der Waals surface area contributed by atoms with E-state index < -0.39 is 0 Å². The first-order valence-electron chi connectivity index (χ1n) is 5.03. The van der Waals surface area contributed by atoms with E-state index in [9.17, 15) is 9.59 Å². The molecule has 1 aromatic heterocycles. The second kappa shape index (κ2) is 4.14. The quantitative estimate of drug-likeness (QED) is 0.728. The molecule has 0 radical (unpaired) electrons. The van der Waals surface area contributed by atoms with Crippen LogP contribution in [-0.4, -0.2) is 29.7 Å². The van der Waals surface area contributed by atoms with Gasteiger partial charge in [0.2, 0.25) is 0 Å². The molecule has 0 unspecified atom stereocenters. The SMILES string of the molecule is Cc1cc(C(=O)N2CCCC(=O)C2)cs1. The van der Waals surface area contributed by atoms with E-state index in [0.29, 0.717) is 18.5 Å². The number of carbonyl (C=O) groups excluding carboxylic acids is 2. The fourth-order valence-electron chi connectivity index (χ4n) is 1.75. The zero-order valence-electron chi connectivity index (χ0n) is 8.66. The molecule has 0 atom stereocenters. The van der Waals surface area contributed by atoms with Crippen molar-refractivity contribution in [1.29, 1.82) is 0 Å². The fraction of sp³-hybridized carbons (Fsp3) is 0.455. The lowest BCUT2D eigenvalue weighted by molar-refractivity contribution is -0.121. The molecular formula is C11H13NO2S. The highest BCUT2D eigenvalue weighted by atomic mass is 32.1. The number of hydrogen-bond donors (Lipinski definition) is 0. The minimum Gasteiger partial charge on any atom is -0.331 e. The lowest BCUT2D eigenvalue weighted by Crippen LogP contribution is -2.39. The number of ketones is 1. The first kappa shape index (κ1) is 10.4. The van der Waals surface area contributed by atoms with Gasteiger partial charge in [-0.3, -0.25) is 9.59 Å². The normalized spacial score (nSPS) is 16.9. The predicted octanol–water partition coefficient (Wildman–Crippen LogP) is 1.86. The summed E-state index contributed by atoms with van der Waals surface area (Å²) in [6.45, 7) is 2.97. The van der Waals surface area contributed by atoms with Crippen molar-refractivity contribution in [3.05, 3.63) is 21.9 Å². The molecule has 15 heavy (non-hydrogen) atoms. The number of piperidine rings is 1. The lowest BCUT2D eigenvalue weighted by Gasteiger charge is -2.25. The molecule has 2 heterocycles. The summed E-state index contributed by atoms with van der Waals surface area (Å²) < 4.78 is 0. The standard InChI is InChI=1S/C11H13NO2S/c1-8-5-9(7-15-8)11(14)12-4-2-3-10(13)6-12/h5,7H,2-4,6H2,1H3. The molecule has 1 aliphatic heterocycles. The van der Waals surface area contributed by atoms with Gasteiger partial charge in [0.05, 0.1) is 12.1 Å². The molecule has 0 aliphatic carbocycles. The first-order chi connectivity index (χ1) is 7.16. The Morgan fingerprint density at radius 1 is 1.53 bits per heavy atom. The topological polar surface area (TPSA) is 37.4 Å². The van der Waals surface area contributed by atoms with Crippen molar-refractivity contribution in [3.63, 3.8) is 0 Å². The maximum atomic E-state index is 11.9. The third-order valence-corrected chi connectivity index (χ3v) is 3.38. The van der Waals surface area contributed by atoms with Gasteiger partial charge < -0.3 is 4.90 Å². The van der Waals surface area contributed by atoms with Crippen LogP contribution in [0.5, 0.6) is 0 Å². The molecular weight excluding hydrogens is 210 g/mol. The van der Waals surface area contributed by atoms with Gasteiger partial charge in [-0.25, -0.2) is 0 Å². The zero-order chi connectivity index (χ0) is 10.8. The van der Waals surface area contributed by atoms with Crippen LogP contribution >= 0.6 is 11.3 Å². The minimum atomic E-state index is -0.00704. The van der Waals surface area contributed by atoms with Crippen molar-refractivity contribution in [2.45, 2.75) is 19.8 Å². The largest absolute Gasteiger partial charge is 0.331 e. The molecule has 1 aliphatic rings. The highest BCUT2D eigenvalue weighted by Crippen LogP contribution is 2.17. The summed E-state index contributed by atoms with van der Waals surface area (Å²) in [6, 6.07) is 1.88. The number of aryl methyl sites for hydroxylation is 1. The van der Waals surface area contributed by atoms with Crippen LogP contribution in [0.1, 0.15) is 28.1 Å². The van der Waals surface area contributed by atoms with Crippen molar-refractivity contribution >= 4 is 23.0 Å². The molecule has 3 nitrogen and oxygen atoms in total. The molecule has 1 saturated heterocycles. The van der Waals surface area contributed by atoms with Gasteiger partial charge in [0.25, 0.3) is 5.91 Å². The molecule has 1 amide bonds. The van der Waals surface area contributed by atoms with Crippen LogP contribution in [0.15, 0.2) is 11.4 Å². The third kappa shape index (κ3) is 2.26. The maximum absolute atomic E-state index is 11.9. The second-order valence-electron chi connectivity index (χ2n) is 3.81. The highest BCUT2D eigenvalue weighted by Gasteiger charge is 2.22. The molecule has 0 aromatic carbocycles. The summed E-state index contributed by atoms with van der Waals surface area (Å²) in [6.07, 6.45) is 1.42. The Bertz CT molecular complexity index is 397. The van der Waals surface area contributed by atoms with Crippen LogP contribution in [0, 0.1) is 6.92 Å². The Morgan fingerprint density at radius 3 is 2.93 bits per heavy atom.